The molecule has 1 atom stereocenters. The first-order chi connectivity index (χ1) is 12.7. The summed E-state index contributed by atoms with van der Waals surface area (Å²) in [5, 5.41) is 1.20. The van der Waals surface area contributed by atoms with Gasteiger partial charge in [-0.1, -0.05) is 24.8 Å². The molecule has 2 heterocycles. The number of likely N-dealkylation sites (tertiary alicyclic amines) is 1. The van der Waals surface area contributed by atoms with Gasteiger partial charge in [0.05, 0.1) is 14.2 Å². The Hall–Kier alpha value is -1.40. The highest BCUT2D eigenvalue weighted by Crippen LogP contribution is 2.29. The summed E-state index contributed by atoms with van der Waals surface area (Å²) < 4.78 is 10.9. The van der Waals surface area contributed by atoms with Crippen molar-refractivity contribution in [3.63, 3.8) is 0 Å². The molecule has 0 aromatic heterocycles. The van der Waals surface area contributed by atoms with Gasteiger partial charge in [-0.25, -0.2) is 0 Å². The molecular formula is C20H31N3O2S. The van der Waals surface area contributed by atoms with Gasteiger partial charge in [0.2, 0.25) is 0 Å². The van der Waals surface area contributed by atoms with Gasteiger partial charge in [0, 0.05) is 31.4 Å². The van der Waals surface area contributed by atoms with Gasteiger partial charge in [0.15, 0.2) is 16.7 Å². The molecule has 0 spiro atoms. The molecule has 0 saturated carbocycles. The molecule has 2 aliphatic rings. The van der Waals surface area contributed by atoms with Crippen LogP contribution < -0.4 is 9.47 Å². The average molecular weight is 378 g/mol. The predicted molar refractivity (Wildman–Crippen MR) is 110 cm³/mol. The number of hydrogen-bond acceptors (Lipinski definition) is 6. The van der Waals surface area contributed by atoms with Crippen molar-refractivity contribution in [2.24, 2.45) is 4.99 Å². The summed E-state index contributed by atoms with van der Waals surface area (Å²) in [5.41, 5.74) is 1.23. The number of aliphatic imine (C=N–C) groups is 1. The van der Waals surface area contributed by atoms with E-state index in [1.165, 1.54) is 42.3 Å². The van der Waals surface area contributed by atoms with Crippen LogP contribution in [-0.4, -0.2) is 67.2 Å². The highest BCUT2D eigenvalue weighted by molar-refractivity contribution is 8.13. The van der Waals surface area contributed by atoms with Gasteiger partial charge in [0.1, 0.15) is 0 Å². The van der Waals surface area contributed by atoms with E-state index in [9.17, 15) is 0 Å². The maximum atomic E-state index is 5.48. The Morgan fingerprint density at radius 3 is 2.77 bits per heavy atom. The minimum absolute atomic E-state index is 0.630. The Kier molecular flexibility index (Phi) is 7.08. The van der Waals surface area contributed by atoms with E-state index in [1.807, 2.05) is 17.8 Å². The van der Waals surface area contributed by atoms with E-state index in [0.29, 0.717) is 6.04 Å². The van der Waals surface area contributed by atoms with E-state index < -0.39 is 0 Å². The maximum absolute atomic E-state index is 5.48. The quantitative estimate of drug-likeness (QED) is 0.727. The molecule has 6 heteroatoms. The topological polar surface area (TPSA) is 37.3 Å². The number of hydrogen-bond donors (Lipinski definition) is 0. The number of ether oxygens (including phenoxy) is 2. The lowest BCUT2D eigenvalue weighted by Gasteiger charge is -2.33. The normalized spacial score (nSPS) is 20.7. The van der Waals surface area contributed by atoms with Crippen LogP contribution >= 0.6 is 11.8 Å². The van der Waals surface area contributed by atoms with Crippen molar-refractivity contribution in [3.8, 4) is 11.5 Å². The van der Waals surface area contributed by atoms with E-state index in [-0.39, 0.29) is 0 Å². The second-order valence-electron chi connectivity index (χ2n) is 6.86. The van der Waals surface area contributed by atoms with Crippen LogP contribution in [0.15, 0.2) is 23.2 Å². The van der Waals surface area contributed by atoms with Crippen LogP contribution in [0.1, 0.15) is 31.7 Å². The van der Waals surface area contributed by atoms with Crippen molar-refractivity contribution in [2.45, 2.75) is 38.8 Å². The van der Waals surface area contributed by atoms with E-state index >= 15 is 0 Å². The first-order valence-corrected chi connectivity index (χ1v) is 10.6. The van der Waals surface area contributed by atoms with Gasteiger partial charge in [0.25, 0.3) is 0 Å². The molecule has 1 fully saturated rings. The molecule has 5 nitrogen and oxygen atoms in total. The number of likely N-dealkylation sites (N-methyl/N-ethyl adjacent to an activating group) is 1. The SMILES string of the molecule is CCN1CCCC1CN(Cc1ccc(OC)c(OC)c1)C1=NCCCS1. The molecule has 1 aromatic rings. The summed E-state index contributed by atoms with van der Waals surface area (Å²) in [6.07, 6.45) is 3.78. The third-order valence-electron chi connectivity index (χ3n) is 5.21. The van der Waals surface area contributed by atoms with Crippen molar-refractivity contribution < 1.29 is 9.47 Å². The minimum Gasteiger partial charge on any atom is -0.493 e. The van der Waals surface area contributed by atoms with Crippen LogP contribution in [0.4, 0.5) is 0 Å². The summed E-state index contributed by atoms with van der Waals surface area (Å²) >= 11 is 1.90. The largest absolute Gasteiger partial charge is 0.493 e. The molecular weight excluding hydrogens is 346 g/mol. The number of methoxy groups -OCH3 is 2. The highest BCUT2D eigenvalue weighted by atomic mass is 32.2. The zero-order valence-corrected chi connectivity index (χ0v) is 17.1. The van der Waals surface area contributed by atoms with Gasteiger partial charge >= 0.3 is 0 Å². The monoisotopic (exact) mass is 377 g/mol. The van der Waals surface area contributed by atoms with Crippen LogP contribution in [0.25, 0.3) is 0 Å². The van der Waals surface area contributed by atoms with E-state index in [4.69, 9.17) is 14.5 Å². The fourth-order valence-corrected chi connectivity index (χ4v) is 4.78. The number of benzene rings is 1. The second-order valence-corrected chi connectivity index (χ2v) is 7.92. The lowest BCUT2D eigenvalue weighted by atomic mass is 10.1. The number of thioether (sulfide) groups is 1. The van der Waals surface area contributed by atoms with Gasteiger partial charge in [-0.3, -0.25) is 9.89 Å². The molecule has 0 radical (unpaired) electrons. The molecule has 26 heavy (non-hydrogen) atoms. The van der Waals surface area contributed by atoms with Crippen LogP contribution in [-0.2, 0) is 6.54 Å². The van der Waals surface area contributed by atoms with Crippen molar-refractivity contribution in [2.75, 3.05) is 46.2 Å². The molecule has 2 aliphatic heterocycles. The third kappa shape index (κ3) is 4.65. The fourth-order valence-electron chi connectivity index (χ4n) is 3.82. The lowest BCUT2D eigenvalue weighted by molar-refractivity contribution is 0.221. The van der Waals surface area contributed by atoms with Gasteiger partial charge in [-0.15, -0.1) is 0 Å². The Bertz CT molecular complexity index is 623. The molecule has 1 saturated heterocycles. The van der Waals surface area contributed by atoms with Crippen molar-refractivity contribution in [3.05, 3.63) is 23.8 Å². The number of rotatable bonds is 7. The molecule has 1 unspecified atom stereocenters. The van der Waals surface area contributed by atoms with Crippen LogP contribution in [0.2, 0.25) is 0 Å². The van der Waals surface area contributed by atoms with Gasteiger partial charge < -0.3 is 14.4 Å². The smallest absolute Gasteiger partial charge is 0.161 e. The number of nitrogens with zero attached hydrogens (tertiary/aromatic N) is 3. The first-order valence-electron chi connectivity index (χ1n) is 9.62. The second kappa shape index (κ2) is 9.51. The molecule has 3 rings (SSSR count). The molecule has 0 N–H and O–H groups in total. The van der Waals surface area contributed by atoms with E-state index in [2.05, 4.69) is 28.9 Å². The molecule has 144 valence electrons. The van der Waals surface area contributed by atoms with E-state index in [1.54, 1.807) is 14.2 Å². The lowest BCUT2D eigenvalue weighted by Crippen LogP contribution is -2.42. The van der Waals surface area contributed by atoms with Crippen molar-refractivity contribution in [1.29, 1.82) is 0 Å². The van der Waals surface area contributed by atoms with Crippen molar-refractivity contribution >= 4 is 16.9 Å². The van der Waals surface area contributed by atoms with Gasteiger partial charge in [-0.05, 0) is 50.0 Å². The highest BCUT2D eigenvalue weighted by Gasteiger charge is 2.27. The molecule has 0 amide bonds. The predicted octanol–water partition coefficient (Wildman–Crippen LogP) is 3.48. The third-order valence-corrected chi connectivity index (χ3v) is 6.35. The van der Waals surface area contributed by atoms with Crippen LogP contribution in [0.5, 0.6) is 11.5 Å². The summed E-state index contributed by atoms with van der Waals surface area (Å²) in [6, 6.07) is 6.85. The summed E-state index contributed by atoms with van der Waals surface area (Å²) in [5.74, 6) is 2.74. The Morgan fingerprint density at radius 2 is 2.08 bits per heavy atom. The van der Waals surface area contributed by atoms with Gasteiger partial charge in [-0.2, -0.15) is 0 Å². The summed E-state index contributed by atoms with van der Waals surface area (Å²) in [7, 11) is 3.37. The molecule has 0 aliphatic carbocycles. The average Bonchev–Trinajstić information content (AvgIpc) is 3.15. The summed E-state index contributed by atoms with van der Waals surface area (Å²) in [6.45, 7) is 7.49. The zero-order valence-electron chi connectivity index (χ0n) is 16.2. The Balaban J connectivity index is 1.78. The van der Waals surface area contributed by atoms with Crippen LogP contribution in [0, 0.1) is 0 Å². The standard InChI is InChI=1S/C20H31N3O2S/c1-4-22-11-5-7-17(22)15-23(20-21-10-6-12-26-20)14-16-8-9-18(24-2)19(13-16)25-3/h8-9,13,17H,4-7,10-12,14-15H2,1-3H3. The molecule has 0 bridgehead atoms. The Morgan fingerprint density at radius 1 is 1.23 bits per heavy atom. The number of amidine groups is 1. The minimum atomic E-state index is 0.630. The van der Waals surface area contributed by atoms with Crippen molar-refractivity contribution in [1.82, 2.24) is 9.80 Å². The first kappa shape index (κ1) is 19.4. The zero-order chi connectivity index (χ0) is 18.4. The van der Waals surface area contributed by atoms with E-state index in [0.717, 1.165) is 37.7 Å². The molecule has 1 aromatic carbocycles. The van der Waals surface area contributed by atoms with Crippen LogP contribution in [0.3, 0.4) is 0 Å². The fraction of sp³-hybridized carbons (Fsp3) is 0.650. The Labute approximate surface area is 161 Å². The summed E-state index contributed by atoms with van der Waals surface area (Å²) in [4.78, 5) is 9.91. The maximum Gasteiger partial charge on any atom is 0.161 e.